The predicted molar refractivity (Wildman–Crippen MR) is 79.2 cm³/mol. The molecule has 0 spiro atoms. The topological polar surface area (TPSA) is 0 Å². The Bertz CT molecular complexity index is 452. The number of rotatable bonds is 1. The number of halogens is 2. The Balaban J connectivity index is 0.000000289. The first-order valence-corrected chi connectivity index (χ1v) is 5.69. The summed E-state index contributed by atoms with van der Waals surface area (Å²) in [7, 11) is 0. The predicted octanol–water partition coefficient (Wildman–Crippen LogP) is 5.61. The molecule has 2 aromatic carbocycles. The Labute approximate surface area is 113 Å². The van der Waals surface area contributed by atoms with E-state index < -0.39 is 0 Å². The van der Waals surface area contributed by atoms with Gasteiger partial charge in [-0.3, -0.25) is 0 Å². The van der Waals surface area contributed by atoms with Crippen LogP contribution in [-0.4, -0.2) is 0 Å². The normalized spacial score (nSPS) is 8.11. The van der Waals surface area contributed by atoms with Gasteiger partial charge in [-0.05, 0) is 23.8 Å². The van der Waals surface area contributed by atoms with E-state index in [2.05, 4.69) is 19.7 Å². The summed E-state index contributed by atoms with van der Waals surface area (Å²) in [5, 5.41) is 0.757. The van der Waals surface area contributed by atoms with Crippen LogP contribution in [0.3, 0.4) is 0 Å². The summed E-state index contributed by atoms with van der Waals surface area (Å²) < 4.78 is 11.9. The molecule has 0 nitrogen and oxygen atoms in total. The molecule has 0 fully saturated rings. The smallest absolute Gasteiger partial charge is 0.123 e. The minimum absolute atomic E-state index is 0.178. The highest BCUT2D eigenvalue weighted by Crippen LogP contribution is 2.14. The van der Waals surface area contributed by atoms with Gasteiger partial charge in [0.25, 0.3) is 0 Å². The van der Waals surface area contributed by atoms with Crippen molar-refractivity contribution in [2.24, 2.45) is 0 Å². The van der Waals surface area contributed by atoms with Crippen LogP contribution in [0.2, 0.25) is 5.02 Å². The van der Waals surface area contributed by atoms with E-state index in [1.54, 1.807) is 24.3 Å². The van der Waals surface area contributed by atoms with Crippen LogP contribution in [0, 0.1) is 5.82 Å². The van der Waals surface area contributed by atoms with Gasteiger partial charge in [0, 0.05) is 5.02 Å². The molecule has 2 heteroatoms. The molecule has 0 aliphatic heterocycles. The van der Waals surface area contributed by atoms with Crippen molar-refractivity contribution in [2.75, 3.05) is 0 Å². The average Bonchev–Trinajstić information content (AvgIpc) is 2.43. The second kappa shape index (κ2) is 10.3. The first-order chi connectivity index (χ1) is 8.74. The van der Waals surface area contributed by atoms with E-state index in [1.165, 1.54) is 12.1 Å². The lowest BCUT2D eigenvalue weighted by Crippen LogP contribution is -1.69. The monoisotopic (exact) mass is 262 g/mol. The van der Waals surface area contributed by atoms with Crippen molar-refractivity contribution in [3.63, 3.8) is 0 Å². The average molecular weight is 263 g/mol. The first kappa shape index (κ1) is 16.1. The molecule has 0 amide bonds. The third kappa shape index (κ3) is 6.66. The van der Waals surface area contributed by atoms with Gasteiger partial charge >= 0.3 is 0 Å². The third-order valence-corrected chi connectivity index (χ3v) is 2.20. The zero-order valence-electron chi connectivity index (χ0n) is 10.2. The van der Waals surface area contributed by atoms with Crippen LogP contribution in [0.1, 0.15) is 5.56 Å². The van der Waals surface area contributed by atoms with Gasteiger partial charge in [-0.2, -0.15) is 0 Å². The Kier molecular flexibility index (Phi) is 9.24. The molecule has 94 valence electrons. The molecule has 0 saturated carbocycles. The summed E-state index contributed by atoms with van der Waals surface area (Å²) in [6.45, 7) is 9.61. The van der Waals surface area contributed by atoms with Crippen LogP contribution in [0.4, 0.5) is 4.39 Å². The maximum Gasteiger partial charge on any atom is 0.123 e. The van der Waals surface area contributed by atoms with Crippen molar-refractivity contribution in [3.8, 4) is 0 Å². The van der Waals surface area contributed by atoms with Gasteiger partial charge in [-0.1, -0.05) is 60.7 Å². The number of hydrogen-bond acceptors (Lipinski definition) is 0. The van der Waals surface area contributed by atoms with Gasteiger partial charge in [0.1, 0.15) is 5.82 Å². The Morgan fingerprint density at radius 3 is 1.72 bits per heavy atom. The molecule has 0 aromatic heterocycles. The van der Waals surface area contributed by atoms with Crippen molar-refractivity contribution in [3.05, 3.63) is 90.7 Å². The quantitative estimate of drug-likeness (QED) is 0.586. The second-order valence-electron chi connectivity index (χ2n) is 3.02. The van der Waals surface area contributed by atoms with E-state index >= 15 is 0 Å². The number of hydrogen-bond donors (Lipinski definition) is 0. The fourth-order valence-electron chi connectivity index (χ4n) is 1.06. The van der Waals surface area contributed by atoms with Gasteiger partial charge in [0.05, 0.1) is 0 Å². The minimum Gasteiger partial charge on any atom is -0.207 e. The van der Waals surface area contributed by atoms with E-state index in [-0.39, 0.29) is 5.82 Å². The van der Waals surface area contributed by atoms with E-state index in [0.29, 0.717) is 0 Å². The standard InChI is InChI=1S/C8H7Cl.C6H5F.C2H4/c1-2-7-5-3-4-6-8(7)9;7-6-4-2-1-3-5-6;1-2/h2-6H,1H2;1-5H;1-2H2. The SMILES string of the molecule is C=C.C=Cc1ccccc1Cl.Fc1ccccc1. The molecule has 0 bridgehead atoms. The maximum atomic E-state index is 11.9. The van der Waals surface area contributed by atoms with Crippen LogP contribution in [-0.2, 0) is 0 Å². The molecule has 0 aliphatic carbocycles. The molecule has 0 saturated heterocycles. The lowest BCUT2D eigenvalue weighted by Gasteiger charge is -1.92. The highest BCUT2D eigenvalue weighted by molar-refractivity contribution is 6.32. The van der Waals surface area contributed by atoms with E-state index in [1.807, 2.05) is 24.3 Å². The molecule has 0 heterocycles. The maximum absolute atomic E-state index is 11.9. The van der Waals surface area contributed by atoms with Crippen LogP contribution >= 0.6 is 11.6 Å². The molecule has 0 radical (unpaired) electrons. The summed E-state index contributed by atoms with van der Waals surface area (Å²) >= 11 is 5.75. The van der Waals surface area contributed by atoms with Gasteiger partial charge in [-0.15, -0.1) is 13.2 Å². The molecule has 2 aromatic rings. The van der Waals surface area contributed by atoms with Crippen molar-refractivity contribution in [1.82, 2.24) is 0 Å². The van der Waals surface area contributed by atoms with Gasteiger partial charge in [0.15, 0.2) is 0 Å². The number of benzene rings is 2. The Morgan fingerprint density at radius 1 is 0.889 bits per heavy atom. The Morgan fingerprint density at radius 2 is 1.39 bits per heavy atom. The Hall–Kier alpha value is -1.86. The van der Waals surface area contributed by atoms with E-state index in [9.17, 15) is 4.39 Å². The first-order valence-electron chi connectivity index (χ1n) is 5.31. The van der Waals surface area contributed by atoms with Gasteiger partial charge < -0.3 is 0 Å². The lowest BCUT2D eigenvalue weighted by molar-refractivity contribution is 0.628. The minimum atomic E-state index is -0.178. The van der Waals surface area contributed by atoms with Crippen molar-refractivity contribution >= 4 is 17.7 Å². The summed E-state index contributed by atoms with van der Waals surface area (Å²) in [5.74, 6) is -0.178. The van der Waals surface area contributed by atoms with Crippen LogP contribution in [0.15, 0.2) is 74.3 Å². The second-order valence-corrected chi connectivity index (χ2v) is 3.43. The summed E-state index contributed by atoms with van der Waals surface area (Å²) in [6, 6.07) is 15.5. The zero-order chi connectivity index (χ0) is 13.8. The molecule has 0 unspecified atom stereocenters. The van der Waals surface area contributed by atoms with Crippen LogP contribution < -0.4 is 0 Å². The van der Waals surface area contributed by atoms with Gasteiger partial charge in [0.2, 0.25) is 0 Å². The molecule has 18 heavy (non-hydrogen) atoms. The molecule has 0 N–H and O–H groups in total. The fraction of sp³-hybridized carbons (Fsp3) is 0. The molecule has 0 atom stereocenters. The lowest BCUT2D eigenvalue weighted by atomic mass is 10.2. The highest BCUT2D eigenvalue weighted by Gasteiger charge is 1.89. The molecular weight excluding hydrogens is 247 g/mol. The molecular formula is C16H16ClF. The van der Waals surface area contributed by atoms with Crippen LogP contribution in [0.5, 0.6) is 0 Å². The molecule has 2 rings (SSSR count). The fourth-order valence-corrected chi connectivity index (χ4v) is 1.27. The van der Waals surface area contributed by atoms with Crippen molar-refractivity contribution in [1.29, 1.82) is 0 Å². The largest absolute Gasteiger partial charge is 0.207 e. The zero-order valence-corrected chi connectivity index (χ0v) is 10.9. The highest BCUT2D eigenvalue weighted by atomic mass is 35.5. The summed E-state index contributed by atoms with van der Waals surface area (Å²) in [5.41, 5.74) is 0.985. The van der Waals surface area contributed by atoms with E-state index in [4.69, 9.17) is 11.6 Å². The molecule has 0 aliphatic rings. The van der Waals surface area contributed by atoms with E-state index in [0.717, 1.165) is 10.6 Å². The van der Waals surface area contributed by atoms with Gasteiger partial charge in [-0.25, -0.2) is 4.39 Å². The van der Waals surface area contributed by atoms with Crippen molar-refractivity contribution in [2.45, 2.75) is 0 Å². The van der Waals surface area contributed by atoms with Crippen molar-refractivity contribution < 1.29 is 4.39 Å². The summed E-state index contributed by atoms with van der Waals surface area (Å²) in [4.78, 5) is 0. The van der Waals surface area contributed by atoms with Crippen LogP contribution in [0.25, 0.3) is 6.08 Å². The summed E-state index contributed by atoms with van der Waals surface area (Å²) in [6.07, 6.45) is 1.74. The third-order valence-electron chi connectivity index (χ3n) is 1.86.